The molecular weight excluding hydrogens is 375 g/mol. The number of carbonyl (C=O) groups excluding carboxylic acids is 1. The van der Waals surface area contributed by atoms with Crippen molar-refractivity contribution in [1.29, 1.82) is 0 Å². The lowest BCUT2D eigenvalue weighted by atomic mass is 10.1. The predicted molar refractivity (Wildman–Crippen MR) is 110 cm³/mol. The molecule has 28 heavy (non-hydrogen) atoms. The SMILES string of the molecule is O=C(Nc1cccc(CN2CCOCC2)c1)c1ccc(-c2ccccc2F)s1. The minimum Gasteiger partial charge on any atom is -0.379 e. The van der Waals surface area contributed by atoms with Crippen LogP contribution in [0.3, 0.4) is 0 Å². The highest BCUT2D eigenvalue weighted by Crippen LogP contribution is 2.30. The molecule has 1 N–H and O–H groups in total. The van der Waals surface area contributed by atoms with Gasteiger partial charge in [-0.3, -0.25) is 9.69 Å². The molecule has 0 atom stereocenters. The third-order valence-corrected chi connectivity index (χ3v) is 5.78. The Hall–Kier alpha value is -2.54. The lowest BCUT2D eigenvalue weighted by molar-refractivity contribution is 0.0342. The molecule has 4 rings (SSSR count). The number of hydrogen-bond donors (Lipinski definition) is 1. The average molecular weight is 396 g/mol. The van der Waals surface area contributed by atoms with Crippen molar-refractivity contribution in [2.75, 3.05) is 31.6 Å². The van der Waals surface area contributed by atoms with Crippen LogP contribution in [0.2, 0.25) is 0 Å². The van der Waals surface area contributed by atoms with E-state index in [1.54, 1.807) is 30.3 Å². The first-order chi connectivity index (χ1) is 13.7. The summed E-state index contributed by atoms with van der Waals surface area (Å²) in [6.45, 7) is 4.21. The number of ether oxygens (including phenoxy) is 1. The Balaban J connectivity index is 1.44. The summed E-state index contributed by atoms with van der Waals surface area (Å²) in [5.41, 5.74) is 2.42. The summed E-state index contributed by atoms with van der Waals surface area (Å²) in [6, 6.07) is 18.0. The van der Waals surface area contributed by atoms with E-state index in [1.807, 2.05) is 18.2 Å². The van der Waals surface area contributed by atoms with E-state index in [0.717, 1.165) is 49.0 Å². The van der Waals surface area contributed by atoms with Crippen LogP contribution in [-0.4, -0.2) is 37.1 Å². The second-order valence-electron chi connectivity index (χ2n) is 6.69. The molecule has 4 nitrogen and oxygen atoms in total. The second kappa shape index (κ2) is 8.65. The molecule has 0 radical (unpaired) electrons. The van der Waals surface area contributed by atoms with Gasteiger partial charge in [-0.15, -0.1) is 11.3 Å². The zero-order valence-corrected chi connectivity index (χ0v) is 16.2. The largest absolute Gasteiger partial charge is 0.379 e. The van der Waals surface area contributed by atoms with E-state index in [4.69, 9.17) is 4.74 Å². The first kappa shape index (κ1) is 18.8. The van der Waals surface area contributed by atoms with E-state index >= 15 is 0 Å². The Bertz CT molecular complexity index is 966. The number of carbonyl (C=O) groups is 1. The van der Waals surface area contributed by atoms with Crippen LogP contribution < -0.4 is 5.32 Å². The van der Waals surface area contributed by atoms with Gasteiger partial charge in [-0.25, -0.2) is 4.39 Å². The van der Waals surface area contributed by atoms with Crippen LogP contribution in [0.25, 0.3) is 10.4 Å². The monoisotopic (exact) mass is 396 g/mol. The van der Waals surface area contributed by atoms with Crippen LogP contribution in [0.15, 0.2) is 60.7 Å². The highest BCUT2D eigenvalue weighted by atomic mass is 32.1. The molecule has 6 heteroatoms. The number of morpholine rings is 1. The minimum atomic E-state index is -0.285. The lowest BCUT2D eigenvalue weighted by Crippen LogP contribution is -2.35. The number of halogens is 1. The normalized spacial score (nSPS) is 14.8. The van der Waals surface area contributed by atoms with Gasteiger partial charge in [-0.2, -0.15) is 0 Å². The molecule has 1 amide bonds. The van der Waals surface area contributed by atoms with Gasteiger partial charge in [-0.1, -0.05) is 30.3 Å². The van der Waals surface area contributed by atoms with Gasteiger partial charge in [0.1, 0.15) is 5.82 Å². The summed E-state index contributed by atoms with van der Waals surface area (Å²) in [6.07, 6.45) is 0. The second-order valence-corrected chi connectivity index (χ2v) is 7.77. The number of rotatable bonds is 5. The zero-order valence-electron chi connectivity index (χ0n) is 15.4. The molecule has 2 heterocycles. The molecule has 0 bridgehead atoms. The summed E-state index contributed by atoms with van der Waals surface area (Å²) in [4.78, 5) is 16.3. The van der Waals surface area contributed by atoms with E-state index in [2.05, 4.69) is 16.3 Å². The van der Waals surface area contributed by atoms with Crippen LogP contribution in [0, 0.1) is 5.82 Å². The zero-order chi connectivity index (χ0) is 19.3. The highest BCUT2D eigenvalue weighted by Gasteiger charge is 2.14. The summed E-state index contributed by atoms with van der Waals surface area (Å²) in [5, 5.41) is 2.95. The van der Waals surface area contributed by atoms with Gasteiger partial charge in [0, 0.05) is 35.8 Å². The summed E-state index contributed by atoms with van der Waals surface area (Å²) in [5.74, 6) is -0.469. The van der Waals surface area contributed by atoms with Gasteiger partial charge < -0.3 is 10.1 Å². The third-order valence-electron chi connectivity index (χ3n) is 4.66. The van der Waals surface area contributed by atoms with E-state index in [1.165, 1.54) is 17.4 Å². The van der Waals surface area contributed by atoms with E-state index < -0.39 is 0 Å². The quantitative estimate of drug-likeness (QED) is 0.683. The number of anilines is 1. The van der Waals surface area contributed by atoms with Crippen molar-refractivity contribution in [1.82, 2.24) is 4.90 Å². The summed E-state index contributed by atoms with van der Waals surface area (Å²) >= 11 is 1.29. The third kappa shape index (κ3) is 4.47. The number of nitrogens with zero attached hydrogens (tertiary/aromatic N) is 1. The Morgan fingerprint density at radius 3 is 2.71 bits per heavy atom. The predicted octanol–water partition coefficient (Wildman–Crippen LogP) is 4.64. The van der Waals surface area contributed by atoms with Crippen LogP contribution in [0.1, 0.15) is 15.2 Å². The Morgan fingerprint density at radius 1 is 1.07 bits per heavy atom. The fourth-order valence-electron chi connectivity index (χ4n) is 3.22. The van der Waals surface area contributed by atoms with Crippen LogP contribution in [-0.2, 0) is 11.3 Å². The fraction of sp³-hybridized carbons (Fsp3) is 0.227. The molecular formula is C22H21FN2O2S. The van der Waals surface area contributed by atoms with Crippen molar-refractivity contribution in [3.8, 4) is 10.4 Å². The standard InChI is InChI=1S/C22H21FN2O2S/c23-19-7-2-1-6-18(19)20-8-9-21(28-20)22(26)24-17-5-3-4-16(14-17)15-25-10-12-27-13-11-25/h1-9,14H,10-13,15H2,(H,24,26). The molecule has 0 saturated carbocycles. The molecule has 1 aromatic heterocycles. The van der Waals surface area contributed by atoms with Crippen molar-refractivity contribution in [3.63, 3.8) is 0 Å². The molecule has 1 aliphatic heterocycles. The maximum Gasteiger partial charge on any atom is 0.265 e. The molecule has 1 aliphatic rings. The smallest absolute Gasteiger partial charge is 0.265 e. The fourth-order valence-corrected chi connectivity index (χ4v) is 4.15. The van der Waals surface area contributed by atoms with Crippen molar-refractivity contribution < 1.29 is 13.9 Å². The van der Waals surface area contributed by atoms with Gasteiger partial charge in [0.05, 0.1) is 18.1 Å². The maximum atomic E-state index is 14.0. The van der Waals surface area contributed by atoms with Crippen molar-refractivity contribution >= 4 is 22.9 Å². The molecule has 1 saturated heterocycles. The number of nitrogens with one attached hydrogen (secondary N) is 1. The molecule has 3 aromatic rings. The Kier molecular flexibility index (Phi) is 5.81. The van der Waals surface area contributed by atoms with E-state index in [-0.39, 0.29) is 11.7 Å². The van der Waals surface area contributed by atoms with Crippen LogP contribution >= 0.6 is 11.3 Å². The molecule has 1 fully saturated rings. The molecule has 0 unspecified atom stereocenters. The number of amides is 1. The van der Waals surface area contributed by atoms with Gasteiger partial charge in [-0.05, 0) is 35.9 Å². The lowest BCUT2D eigenvalue weighted by Gasteiger charge is -2.26. The Morgan fingerprint density at radius 2 is 1.89 bits per heavy atom. The average Bonchev–Trinajstić information content (AvgIpc) is 3.20. The van der Waals surface area contributed by atoms with Gasteiger partial charge >= 0.3 is 0 Å². The van der Waals surface area contributed by atoms with E-state index in [0.29, 0.717) is 10.4 Å². The van der Waals surface area contributed by atoms with Gasteiger partial charge in [0.15, 0.2) is 0 Å². The molecule has 2 aromatic carbocycles. The van der Waals surface area contributed by atoms with Crippen LogP contribution in [0.5, 0.6) is 0 Å². The van der Waals surface area contributed by atoms with Gasteiger partial charge in [0.25, 0.3) is 5.91 Å². The molecule has 0 aliphatic carbocycles. The van der Waals surface area contributed by atoms with Gasteiger partial charge in [0.2, 0.25) is 0 Å². The summed E-state index contributed by atoms with van der Waals surface area (Å²) in [7, 11) is 0. The first-order valence-electron chi connectivity index (χ1n) is 9.24. The Labute approximate surface area is 167 Å². The first-order valence-corrected chi connectivity index (χ1v) is 10.1. The summed E-state index contributed by atoms with van der Waals surface area (Å²) < 4.78 is 19.3. The van der Waals surface area contributed by atoms with Crippen molar-refractivity contribution in [2.24, 2.45) is 0 Å². The van der Waals surface area contributed by atoms with Crippen molar-refractivity contribution in [2.45, 2.75) is 6.54 Å². The number of hydrogen-bond acceptors (Lipinski definition) is 4. The van der Waals surface area contributed by atoms with Crippen molar-refractivity contribution in [3.05, 3.63) is 76.9 Å². The minimum absolute atomic E-state index is 0.184. The number of benzene rings is 2. The topological polar surface area (TPSA) is 41.6 Å². The molecule has 0 spiro atoms. The number of thiophene rings is 1. The van der Waals surface area contributed by atoms with Crippen LogP contribution in [0.4, 0.5) is 10.1 Å². The van der Waals surface area contributed by atoms with E-state index in [9.17, 15) is 9.18 Å². The highest BCUT2D eigenvalue weighted by molar-refractivity contribution is 7.17. The molecule has 144 valence electrons. The maximum absolute atomic E-state index is 14.0.